The fourth-order valence-corrected chi connectivity index (χ4v) is 0. The van der Waals surface area contributed by atoms with E-state index in [9.17, 15) is 0 Å². The first-order valence-electron chi connectivity index (χ1n) is 0.204. The summed E-state index contributed by atoms with van der Waals surface area (Å²) in [5.41, 5.74) is 0. The van der Waals surface area contributed by atoms with Crippen molar-refractivity contribution in [1.29, 1.82) is 0 Å². The van der Waals surface area contributed by atoms with Gasteiger partial charge in [-0.3, -0.25) is 0 Å². The predicted octanol–water partition coefficient (Wildman–Crippen LogP) is -0.856. The summed E-state index contributed by atoms with van der Waals surface area (Å²) >= 11 is 0.300. The van der Waals surface area contributed by atoms with Gasteiger partial charge in [-0.25, -0.2) is 0 Å². The van der Waals surface area contributed by atoms with Crippen molar-refractivity contribution in [2.75, 3.05) is 0 Å². The molecule has 5 heavy (non-hydrogen) atoms. The van der Waals surface area contributed by atoms with Crippen LogP contribution in [-0.4, -0.2) is 34.0 Å². The van der Waals surface area contributed by atoms with Gasteiger partial charge in [-0.05, 0) is 0 Å². The van der Waals surface area contributed by atoms with Crippen LogP contribution >= 0.6 is 0 Å². The van der Waals surface area contributed by atoms with Crippen LogP contribution in [0.5, 0.6) is 0 Å². The molecule has 0 rings (SSSR count). The second kappa shape index (κ2) is 54.7. The summed E-state index contributed by atoms with van der Waals surface area (Å²) in [5.74, 6) is 0. The Kier molecular flexibility index (Phi) is 358. The number of rotatable bonds is 0. The summed E-state index contributed by atoms with van der Waals surface area (Å²) in [7, 11) is 0. The molecule has 0 amide bonds. The van der Waals surface area contributed by atoms with Gasteiger partial charge in [0.25, 0.3) is 0 Å². The van der Waals surface area contributed by atoms with Crippen LogP contribution in [0, 0.1) is 0 Å². The standard InChI is InChI=1S/Mg.2H2O.O.Zr/h;2*1H2;;/q+2;;;;/p-2. The van der Waals surface area contributed by atoms with E-state index < -0.39 is 0 Å². The van der Waals surface area contributed by atoms with E-state index in [0.717, 1.165) is 0 Å². The predicted molar refractivity (Wildman–Crippen MR) is 10.3 cm³/mol. The number of hydrogen-bond donors (Lipinski definition) is 0. The Bertz CT molecular complexity index is 6.85. The molecule has 0 spiro atoms. The molecule has 5 heteroatoms. The average Bonchev–Trinajstić information content (AvgIpc) is 1.00. The van der Waals surface area contributed by atoms with E-state index in [2.05, 4.69) is 0 Å². The second-order valence-electron chi connectivity index (χ2n) is 0. The summed E-state index contributed by atoms with van der Waals surface area (Å²) < 4.78 is 8.34. The first kappa shape index (κ1) is 32.7. The summed E-state index contributed by atoms with van der Waals surface area (Å²) in [6.45, 7) is 0. The molecule has 0 aromatic carbocycles. The Labute approximate surface area is 61.2 Å². The van der Waals surface area contributed by atoms with Gasteiger partial charge >= 0.3 is 50.6 Å². The topological polar surface area (TPSA) is 77.1 Å². The number of hydrogen-bond acceptors (Lipinski definition) is 3. The first-order valence-corrected chi connectivity index (χ1v) is 1.21. The van der Waals surface area contributed by atoms with Gasteiger partial charge in [0.2, 0.25) is 0 Å². The molecular weight excluding hydrogens is 164 g/mol. The molecule has 0 radical (unpaired) electrons. The molecule has 0 saturated heterocycles. The third-order valence-corrected chi connectivity index (χ3v) is 0. The molecule has 0 fully saturated rings. The van der Waals surface area contributed by atoms with Crippen LogP contribution in [0.3, 0.4) is 0 Å². The van der Waals surface area contributed by atoms with Crippen molar-refractivity contribution in [2.24, 2.45) is 0 Å². The Hall–Kier alpha value is 1.37. The van der Waals surface area contributed by atoms with Crippen molar-refractivity contribution in [3.63, 3.8) is 0 Å². The van der Waals surface area contributed by atoms with Crippen molar-refractivity contribution < 1.29 is 38.5 Å². The van der Waals surface area contributed by atoms with Crippen LogP contribution in [0.2, 0.25) is 0 Å². The zero-order valence-electron chi connectivity index (χ0n) is 2.51. The van der Waals surface area contributed by atoms with Crippen molar-refractivity contribution in [2.45, 2.75) is 0 Å². The molecule has 26 valence electrons. The maximum atomic E-state index is 8.34. The van der Waals surface area contributed by atoms with Crippen molar-refractivity contribution in [1.82, 2.24) is 0 Å². The van der Waals surface area contributed by atoms with E-state index in [4.69, 9.17) is 2.81 Å². The molecule has 0 saturated carbocycles. The van der Waals surface area contributed by atoms with Crippen molar-refractivity contribution >= 4 is 23.1 Å². The molecule has 0 aromatic heterocycles. The van der Waals surface area contributed by atoms with E-state index in [1.54, 1.807) is 0 Å². The first-order chi connectivity index (χ1) is 1.00. The minimum absolute atomic E-state index is 0. The summed E-state index contributed by atoms with van der Waals surface area (Å²) in [6, 6.07) is 0. The van der Waals surface area contributed by atoms with Gasteiger partial charge in [0, 0.05) is 0 Å². The van der Waals surface area contributed by atoms with Crippen molar-refractivity contribution in [3.05, 3.63) is 0 Å². The summed E-state index contributed by atoms with van der Waals surface area (Å²) in [6.07, 6.45) is 0. The van der Waals surface area contributed by atoms with E-state index >= 15 is 0 Å². The monoisotopic (exact) mass is 164 g/mol. The molecule has 0 aliphatic heterocycles. The Morgan fingerprint density at radius 1 is 1.00 bits per heavy atom. The molecule has 3 nitrogen and oxygen atoms in total. The molecule has 0 unspecified atom stereocenters. The van der Waals surface area contributed by atoms with Crippen molar-refractivity contribution in [3.8, 4) is 0 Å². The average molecular weight is 166 g/mol. The van der Waals surface area contributed by atoms with E-state index in [-0.39, 0.29) is 34.0 Å². The normalized spacial score (nSPS) is 0.600. The molecule has 0 aliphatic carbocycles. The fourth-order valence-electron chi connectivity index (χ4n) is 0. The molecule has 0 bridgehead atoms. The molecular formula is H2MgO3Zr. The van der Waals surface area contributed by atoms with Crippen LogP contribution in [0.15, 0.2) is 0 Å². The molecule has 0 heterocycles. The molecule has 0 atom stereocenters. The Morgan fingerprint density at radius 2 is 1.00 bits per heavy atom. The van der Waals surface area contributed by atoms with Crippen LogP contribution in [0.25, 0.3) is 0 Å². The van der Waals surface area contributed by atoms with Gasteiger partial charge < -0.3 is 11.0 Å². The van der Waals surface area contributed by atoms with E-state index in [1.165, 1.54) is 0 Å². The van der Waals surface area contributed by atoms with Crippen LogP contribution in [0.4, 0.5) is 0 Å². The van der Waals surface area contributed by atoms with E-state index in [1.807, 2.05) is 0 Å². The quantitative estimate of drug-likeness (QED) is 0.439. The Morgan fingerprint density at radius 3 is 1.00 bits per heavy atom. The van der Waals surface area contributed by atoms with Gasteiger partial charge in [0.1, 0.15) is 0 Å². The molecule has 0 aliphatic rings. The molecule has 0 aromatic rings. The van der Waals surface area contributed by atoms with E-state index in [0.29, 0.717) is 24.7 Å². The maximum absolute atomic E-state index is 8.34. The Balaban J connectivity index is -0.00000000167. The second-order valence-corrected chi connectivity index (χ2v) is 0. The van der Waals surface area contributed by atoms with Crippen LogP contribution in [0.1, 0.15) is 0 Å². The zero-order chi connectivity index (χ0) is 2.00. The fraction of sp³-hybridized carbons (Fsp3) is 0. The summed E-state index contributed by atoms with van der Waals surface area (Å²) in [5, 5.41) is 0. The third kappa shape index (κ3) is 32.5. The van der Waals surface area contributed by atoms with Gasteiger partial charge in [-0.1, -0.05) is 0 Å². The van der Waals surface area contributed by atoms with Gasteiger partial charge in [0.15, 0.2) is 0 Å². The third-order valence-electron chi connectivity index (χ3n) is 0. The van der Waals surface area contributed by atoms with Gasteiger partial charge in [-0.15, -0.1) is 0 Å². The van der Waals surface area contributed by atoms with Gasteiger partial charge in [0.05, 0.1) is 0 Å². The summed E-state index contributed by atoms with van der Waals surface area (Å²) in [4.78, 5) is 0. The van der Waals surface area contributed by atoms with Crippen LogP contribution < -0.4 is 0 Å². The SMILES string of the molecule is [Mg+2].[OH-].[OH-].[O]=[Zr]. The zero-order valence-corrected chi connectivity index (χ0v) is 6.38. The minimum atomic E-state index is 0. The van der Waals surface area contributed by atoms with Crippen LogP contribution in [-0.2, 0) is 27.5 Å². The molecule has 2 N–H and O–H groups in total. The van der Waals surface area contributed by atoms with Gasteiger partial charge in [-0.2, -0.15) is 0 Å².